The standard InChI is InChI=1S/C11H17N3O2S/c1-3-17-7-8(2)13-9-4-5-11(14(15)16)10(12)6-9/h4-6,8,13H,3,7,12H2,1-2H3. The Kier molecular flexibility index (Phi) is 5.09. The predicted molar refractivity (Wildman–Crippen MR) is 73.6 cm³/mol. The van der Waals surface area contributed by atoms with Crippen molar-refractivity contribution in [3.05, 3.63) is 28.3 Å². The van der Waals surface area contributed by atoms with E-state index in [1.54, 1.807) is 12.1 Å². The van der Waals surface area contributed by atoms with Gasteiger partial charge in [-0.2, -0.15) is 11.8 Å². The van der Waals surface area contributed by atoms with Crippen LogP contribution >= 0.6 is 11.8 Å². The van der Waals surface area contributed by atoms with E-state index in [1.807, 2.05) is 11.8 Å². The van der Waals surface area contributed by atoms with Gasteiger partial charge in [-0.3, -0.25) is 10.1 Å². The Balaban J connectivity index is 2.67. The van der Waals surface area contributed by atoms with E-state index in [1.165, 1.54) is 6.07 Å². The number of nitrogens with two attached hydrogens (primary N) is 1. The van der Waals surface area contributed by atoms with Crippen molar-refractivity contribution in [2.24, 2.45) is 0 Å². The van der Waals surface area contributed by atoms with Gasteiger partial charge < -0.3 is 11.1 Å². The fraction of sp³-hybridized carbons (Fsp3) is 0.455. The van der Waals surface area contributed by atoms with Crippen molar-refractivity contribution in [2.75, 3.05) is 22.6 Å². The summed E-state index contributed by atoms with van der Waals surface area (Å²) in [6.07, 6.45) is 0. The molecule has 0 radical (unpaired) electrons. The SMILES string of the molecule is CCSCC(C)Nc1ccc([N+](=O)[O-])c(N)c1. The van der Waals surface area contributed by atoms with Crippen LogP contribution in [0.2, 0.25) is 0 Å². The highest BCUT2D eigenvalue weighted by Crippen LogP contribution is 2.25. The van der Waals surface area contributed by atoms with Gasteiger partial charge >= 0.3 is 0 Å². The number of nitrogen functional groups attached to an aromatic ring is 1. The second-order valence-electron chi connectivity index (χ2n) is 3.74. The second kappa shape index (κ2) is 6.34. The molecular weight excluding hydrogens is 238 g/mol. The van der Waals surface area contributed by atoms with Crippen molar-refractivity contribution in [1.29, 1.82) is 0 Å². The van der Waals surface area contributed by atoms with Crippen molar-refractivity contribution in [3.63, 3.8) is 0 Å². The molecule has 0 fully saturated rings. The van der Waals surface area contributed by atoms with Crippen LogP contribution in [0.3, 0.4) is 0 Å². The fourth-order valence-electron chi connectivity index (χ4n) is 1.43. The summed E-state index contributed by atoms with van der Waals surface area (Å²) in [4.78, 5) is 10.1. The van der Waals surface area contributed by atoms with Gasteiger partial charge in [-0.05, 0) is 24.8 Å². The lowest BCUT2D eigenvalue weighted by atomic mass is 10.2. The van der Waals surface area contributed by atoms with Crippen LogP contribution in [0, 0.1) is 10.1 Å². The van der Waals surface area contributed by atoms with Crippen LogP contribution in [-0.2, 0) is 0 Å². The molecule has 0 aliphatic carbocycles. The lowest BCUT2D eigenvalue weighted by Crippen LogP contribution is -2.18. The van der Waals surface area contributed by atoms with E-state index in [-0.39, 0.29) is 11.4 Å². The summed E-state index contributed by atoms with van der Waals surface area (Å²) in [5.74, 6) is 2.07. The average Bonchev–Trinajstić information content (AvgIpc) is 2.26. The number of nitrogens with zero attached hydrogens (tertiary/aromatic N) is 1. The minimum atomic E-state index is -0.477. The fourth-order valence-corrected chi connectivity index (χ4v) is 2.10. The number of hydrogen-bond acceptors (Lipinski definition) is 5. The largest absolute Gasteiger partial charge is 0.393 e. The maximum Gasteiger partial charge on any atom is 0.292 e. The molecule has 0 aliphatic heterocycles. The van der Waals surface area contributed by atoms with Gasteiger partial charge in [0.05, 0.1) is 4.92 Å². The van der Waals surface area contributed by atoms with Gasteiger partial charge in [0.2, 0.25) is 0 Å². The molecule has 1 rings (SSSR count). The van der Waals surface area contributed by atoms with Gasteiger partial charge in [-0.1, -0.05) is 6.92 Å². The first-order chi connectivity index (χ1) is 8.04. The zero-order valence-electron chi connectivity index (χ0n) is 9.97. The summed E-state index contributed by atoms with van der Waals surface area (Å²) in [5, 5.41) is 13.9. The van der Waals surface area contributed by atoms with Crippen molar-refractivity contribution < 1.29 is 4.92 Å². The van der Waals surface area contributed by atoms with E-state index < -0.39 is 4.92 Å². The number of nitrogens with one attached hydrogen (secondary N) is 1. The Morgan fingerprint density at radius 1 is 1.59 bits per heavy atom. The maximum absolute atomic E-state index is 10.6. The van der Waals surface area contributed by atoms with Gasteiger partial charge in [0.25, 0.3) is 5.69 Å². The van der Waals surface area contributed by atoms with Crippen LogP contribution in [0.1, 0.15) is 13.8 Å². The van der Waals surface area contributed by atoms with Gasteiger partial charge in [0.1, 0.15) is 5.69 Å². The number of rotatable bonds is 6. The molecule has 17 heavy (non-hydrogen) atoms. The average molecular weight is 255 g/mol. The molecule has 1 unspecified atom stereocenters. The molecule has 1 atom stereocenters. The van der Waals surface area contributed by atoms with Gasteiger partial charge in [0, 0.05) is 23.5 Å². The van der Waals surface area contributed by atoms with E-state index in [0.29, 0.717) is 6.04 Å². The smallest absolute Gasteiger partial charge is 0.292 e. The third-order valence-corrected chi connectivity index (χ3v) is 3.35. The molecule has 5 nitrogen and oxygen atoms in total. The molecule has 3 N–H and O–H groups in total. The molecule has 6 heteroatoms. The Hall–Kier alpha value is -1.43. The van der Waals surface area contributed by atoms with Crippen molar-refractivity contribution in [3.8, 4) is 0 Å². The molecule has 94 valence electrons. The lowest BCUT2D eigenvalue weighted by Gasteiger charge is -2.14. The van der Waals surface area contributed by atoms with E-state index in [4.69, 9.17) is 5.73 Å². The highest BCUT2D eigenvalue weighted by molar-refractivity contribution is 7.99. The van der Waals surface area contributed by atoms with Crippen LogP contribution in [0.25, 0.3) is 0 Å². The molecule has 0 saturated heterocycles. The number of nitro groups is 1. The number of nitro benzene ring substituents is 1. The number of hydrogen-bond donors (Lipinski definition) is 2. The van der Waals surface area contributed by atoms with Crippen LogP contribution in [-0.4, -0.2) is 22.5 Å². The monoisotopic (exact) mass is 255 g/mol. The number of anilines is 2. The quantitative estimate of drug-likeness (QED) is 0.464. The third kappa shape index (κ3) is 4.14. The first-order valence-electron chi connectivity index (χ1n) is 5.42. The first kappa shape index (κ1) is 13.6. The molecule has 0 aliphatic rings. The number of thioether (sulfide) groups is 1. The minimum absolute atomic E-state index is 0.0499. The third-order valence-electron chi connectivity index (χ3n) is 2.21. The van der Waals surface area contributed by atoms with Crippen molar-refractivity contribution in [1.82, 2.24) is 0 Å². The summed E-state index contributed by atoms with van der Waals surface area (Å²) in [6.45, 7) is 4.18. The van der Waals surface area contributed by atoms with E-state index in [2.05, 4.69) is 19.2 Å². The Bertz CT molecular complexity index is 398. The minimum Gasteiger partial charge on any atom is -0.393 e. The van der Waals surface area contributed by atoms with Crippen LogP contribution < -0.4 is 11.1 Å². The zero-order valence-corrected chi connectivity index (χ0v) is 10.8. The molecular formula is C11H17N3O2S. The molecule has 0 aromatic heterocycles. The van der Waals surface area contributed by atoms with Crippen LogP contribution in [0.15, 0.2) is 18.2 Å². The first-order valence-corrected chi connectivity index (χ1v) is 6.58. The zero-order chi connectivity index (χ0) is 12.8. The van der Waals surface area contributed by atoms with Gasteiger partial charge in [-0.15, -0.1) is 0 Å². The normalized spacial score (nSPS) is 12.1. The highest BCUT2D eigenvalue weighted by Gasteiger charge is 2.11. The molecule has 0 bridgehead atoms. The molecule has 0 spiro atoms. The van der Waals surface area contributed by atoms with E-state index in [0.717, 1.165) is 17.2 Å². The van der Waals surface area contributed by atoms with Gasteiger partial charge in [0.15, 0.2) is 0 Å². The van der Waals surface area contributed by atoms with Crippen LogP contribution in [0.4, 0.5) is 17.1 Å². The van der Waals surface area contributed by atoms with E-state index in [9.17, 15) is 10.1 Å². The lowest BCUT2D eigenvalue weighted by molar-refractivity contribution is -0.383. The van der Waals surface area contributed by atoms with Crippen LogP contribution in [0.5, 0.6) is 0 Å². The molecule has 0 amide bonds. The van der Waals surface area contributed by atoms with E-state index >= 15 is 0 Å². The maximum atomic E-state index is 10.6. The molecule has 1 aromatic carbocycles. The molecule has 1 aromatic rings. The summed E-state index contributed by atoms with van der Waals surface area (Å²) < 4.78 is 0. The summed E-state index contributed by atoms with van der Waals surface area (Å²) in [6, 6.07) is 5.02. The van der Waals surface area contributed by atoms with Gasteiger partial charge in [-0.25, -0.2) is 0 Å². The summed E-state index contributed by atoms with van der Waals surface area (Å²) >= 11 is 1.85. The summed E-state index contributed by atoms with van der Waals surface area (Å²) in [5.41, 5.74) is 6.57. The predicted octanol–water partition coefficient (Wildman–Crippen LogP) is 2.73. The Morgan fingerprint density at radius 2 is 2.29 bits per heavy atom. The summed E-state index contributed by atoms with van der Waals surface area (Å²) in [7, 11) is 0. The second-order valence-corrected chi connectivity index (χ2v) is 5.05. The topological polar surface area (TPSA) is 81.2 Å². The van der Waals surface area contributed by atoms with Crippen molar-refractivity contribution in [2.45, 2.75) is 19.9 Å². The molecule has 0 heterocycles. The highest BCUT2D eigenvalue weighted by atomic mass is 32.2. The Morgan fingerprint density at radius 3 is 2.82 bits per heavy atom. The number of benzene rings is 1. The molecule has 0 saturated carbocycles. The Labute approximate surface area is 105 Å². The van der Waals surface area contributed by atoms with Crippen molar-refractivity contribution >= 4 is 28.8 Å².